The van der Waals surface area contributed by atoms with Crippen LogP contribution in [0.3, 0.4) is 0 Å². The molecule has 1 aliphatic heterocycles. The Balaban J connectivity index is 0.000000344. The van der Waals surface area contributed by atoms with Gasteiger partial charge in [-0.05, 0) is 66.1 Å². The zero-order valence-corrected chi connectivity index (χ0v) is 25.5. The van der Waals surface area contributed by atoms with Gasteiger partial charge in [-0.1, -0.05) is 140 Å². The predicted octanol–water partition coefficient (Wildman–Crippen LogP) is 10.2. The molecule has 2 unspecified atom stereocenters. The topological polar surface area (TPSA) is 24.1 Å². The molecular formula is C36H54N2. The first-order valence-corrected chi connectivity index (χ1v) is 15.0. The third-order valence-electron chi connectivity index (χ3n) is 6.51. The number of hydrogen-bond donors (Lipinski definition) is 2. The van der Waals surface area contributed by atoms with Crippen molar-refractivity contribution in [3.63, 3.8) is 0 Å². The van der Waals surface area contributed by atoms with Gasteiger partial charge in [0, 0.05) is 18.3 Å². The smallest absolute Gasteiger partial charge is 0.0376 e. The molecule has 0 saturated carbocycles. The molecule has 38 heavy (non-hydrogen) atoms. The molecule has 2 atom stereocenters. The summed E-state index contributed by atoms with van der Waals surface area (Å²) in [5.74, 6) is 0.664. The van der Waals surface area contributed by atoms with E-state index < -0.39 is 0 Å². The Morgan fingerprint density at radius 3 is 2.08 bits per heavy atom. The van der Waals surface area contributed by atoms with E-state index in [4.69, 9.17) is 0 Å². The van der Waals surface area contributed by atoms with Gasteiger partial charge in [-0.3, -0.25) is 0 Å². The number of hydrogen-bond acceptors (Lipinski definition) is 2. The number of allylic oxidation sites excluding steroid dienone is 1. The van der Waals surface area contributed by atoms with Crippen LogP contribution in [-0.4, -0.2) is 13.1 Å². The van der Waals surface area contributed by atoms with E-state index in [2.05, 4.69) is 123 Å². The minimum absolute atomic E-state index is 0.538. The van der Waals surface area contributed by atoms with Crippen LogP contribution in [0.25, 0.3) is 16.8 Å². The molecule has 2 heteroatoms. The van der Waals surface area contributed by atoms with E-state index in [0.29, 0.717) is 12.0 Å². The van der Waals surface area contributed by atoms with Crippen LogP contribution in [0, 0.1) is 12.8 Å². The van der Waals surface area contributed by atoms with Crippen molar-refractivity contribution >= 4 is 5.70 Å². The Morgan fingerprint density at radius 2 is 1.45 bits per heavy atom. The van der Waals surface area contributed by atoms with E-state index >= 15 is 0 Å². The van der Waals surface area contributed by atoms with Crippen LogP contribution in [0.15, 0.2) is 84.9 Å². The summed E-state index contributed by atoms with van der Waals surface area (Å²) in [5.41, 5.74) is 7.98. The summed E-state index contributed by atoms with van der Waals surface area (Å²) in [6, 6.07) is 28.5. The molecule has 208 valence electrons. The number of aryl methyl sites for hydroxylation is 1. The van der Waals surface area contributed by atoms with Crippen LogP contribution in [0.4, 0.5) is 0 Å². The molecule has 3 aromatic carbocycles. The van der Waals surface area contributed by atoms with Crippen molar-refractivity contribution in [2.75, 3.05) is 13.1 Å². The summed E-state index contributed by atoms with van der Waals surface area (Å²) in [4.78, 5) is 0. The Hall–Kier alpha value is -2.84. The maximum absolute atomic E-state index is 3.57. The maximum Gasteiger partial charge on any atom is 0.0376 e. The van der Waals surface area contributed by atoms with E-state index in [9.17, 15) is 0 Å². The van der Waals surface area contributed by atoms with E-state index in [0.717, 1.165) is 13.1 Å². The summed E-state index contributed by atoms with van der Waals surface area (Å²) in [5, 5.41) is 7.08. The highest BCUT2D eigenvalue weighted by molar-refractivity contribution is 5.72. The summed E-state index contributed by atoms with van der Waals surface area (Å²) in [7, 11) is 0. The van der Waals surface area contributed by atoms with Crippen LogP contribution in [0.5, 0.6) is 0 Å². The Kier molecular flexibility index (Phi) is 17.6. The maximum atomic E-state index is 3.57. The fraction of sp³-hybridized carbons (Fsp3) is 0.444. The Labute approximate surface area is 235 Å². The highest BCUT2D eigenvalue weighted by Gasteiger charge is 2.12. The van der Waals surface area contributed by atoms with E-state index in [1.165, 1.54) is 59.2 Å². The molecule has 0 fully saturated rings. The highest BCUT2D eigenvalue weighted by atomic mass is 14.9. The lowest BCUT2D eigenvalue weighted by Gasteiger charge is -2.20. The average Bonchev–Trinajstić information content (AvgIpc) is 2.99. The minimum atomic E-state index is 0.538. The zero-order chi connectivity index (χ0) is 28.2. The largest absolute Gasteiger partial charge is 0.385 e. The average molecular weight is 515 g/mol. The molecular weight excluding hydrogens is 460 g/mol. The molecule has 0 amide bonds. The third kappa shape index (κ3) is 11.3. The fourth-order valence-electron chi connectivity index (χ4n) is 4.56. The Morgan fingerprint density at radius 1 is 0.816 bits per heavy atom. The van der Waals surface area contributed by atoms with Crippen LogP contribution in [-0.2, 0) is 0 Å². The van der Waals surface area contributed by atoms with Gasteiger partial charge in [-0.15, -0.1) is 0 Å². The van der Waals surface area contributed by atoms with Crippen molar-refractivity contribution < 1.29 is 0 Å². The van der Waals surface area contributed by atoms with Crippen LogP contribution in [0.2, 0.25) is 0 Å². The van der Waals surface area contributed by atoms with Crippen molar-refractivity contribution in [1.29, 1.82) is 0 Å². The summed E-state index contributed by atoms with van der Waals surface area (Å²) in [6.07, 6.45) is 7.38. The first-order chi connectivity index (χ1) is 18.6. The molecule has 4 rings (SSSR count). The van der Waals surface area contributed by atoms with Crippen molar-refractivity contribution in [3.8, 4) is 11.1 Å². The molecule has 2 N–H and O–H groups in total. The van der Waals surface area contributed by atoms with Crippen molar-refractivity contribution in [2.24, 2.45) is 5.92 Å². The van der Waals surface area contributed by atoms with Gasteiger partial charge in [0.2, 0.25) is 0 Å². The minimum Gasteiger partial charge on any atom is -0.385 e. The number of unbranched alkanes of at least 4 members (excludes halogenated alkanes) is 1. The molecule has 2 nitrogen and oxygen atoms in total. The highest BCUT2D eigenvalue weighted by Crippen LogP contribution is 2.25. The first kappa shape index (κ1) is 33.2. The molecule has 1 aliphatic rings. The summed E-state index contributed by atoms with van der Waals surface area (Å²) in [6.45, 7) is 19.0. The molecule has 0 aliphatic carbocycles. The van der Waals surface area contributed by atoms with Crippen LogP contribution in [0.1, 0.15) is 96.9 Å². The lowest BCUT2D eigenvalue weighted by molar-refractivity contribution is 0.493. The fourth-order valence-corrected chi connectivity index (χ4v) is 4.56. The quantitative estimate of drug-likeness (QED) is 0.312. The van der Waals surface area contributed by atoms with Crippen LogP contribution < -0.4 is 10.6 Å². The SMILES string of the molecule is CC.CC.CC1C=C(c2cccc(-c3ccccc3)c2)NCC1.CCCCC(NCC)c1ccccc1C. The monoisotopic (exact) mass is 514 g/mol. The number of nitrogens with one attached hydrogen (secondary N) is 2. The van der Waals surface area contributed by atoms with Crippen LogP contribution >= 0.6 is 0 Å². The van der Waals surface area contributed by atoms with Gasteiger partial charge in [-0.2, -0.15) is 0 Å². The first-order valence-electron chi connectivity index (χ1n) is 15.0. The van der Waals surface area contributed by atoms with Crippen molar-refractivity contribution in [1.82, 2.24) is 10.6 Å². The number of rotatable bonds is 8. The van der Waals surface area contributed by atoms with Gasteiger partial charge in [0.05, 0.1) is 0 Å². The normalized spacial score (nSPS) is 14.6. The predicted molar refractivity (Wildman–Crippen MR) is 171 cm³/mol. The third-order valence-corrected chi connectivity index (χ3v) is 6.51. The molecule has 0 radical (unpaired) electrons. The van der Waals surface area contributed by atoms with Gasteiger partial charge in [0.15, 0.2) is 0 Å². The van der Waals surface area contributed by atoms with Gasteiger partial charge in [0.25, 0.3) is 0 Å². The summed E-state index contributed by atoms with van der Waals surface area (Å²) < 4.78 is 0. The second kappa shape index (κ2) is 20.2. The Bertz CT molecular complexity index is 1020. The van der Waals surface area contributed by atoms with Gasteiger partial charge in [-0.25, -0.2) is 0 Å². The second-order valence-corrected chi connectivity index (χ2v) is 9.33. The number of benzene rings is 3. The van der Waals surface area contributed by atoms with E-state index in [1.54, 1.807) is 0 Å². The standard InChI is InChI=1S/C18H19N.C14H23N.2C2H6/c1-14-10-11-19-18(12-14)17-9-5-8-16(13-17)15-6-3-2-4-7-15;1-4-6-11-14(15-5-2)13-10-8-7-9-12(13)3;2*1-2/h2-9,12-14,19H,10-11H2,1H3;7-10,14-15H,4-6,11H2,1-3H3;2*1-2H3. The van der Waals surface area contributed by atoms with Gasteiger partial charge < -0.3 is 10.6 Å². The van der Waals surface area contributed by atoms with Crippen molar-refractivity contribution in [2.45, 2.75) is 87.1 Å². The van der Waals surface area contributed by atoms with Crippen molar-refractivity contribution in [3.05, 3.63) is 102 Å². The molecule has 0 spiro atoms. The summed E-state index contributed by atoms with van der Waals surface area (Å²) >= 11 is 0. The van der Waals surface area contributed by atoms with E-state index in [-0.39, 0.29) is 0 Å². The zero-order valence-electron chi connectivity index (χ0n) is 25.5. The molecule has 3 aromatic rings. The molecule has 0 saturated heterocycles. The van der Waals surface area contributed by atoms with Gasteiger partial charge >= 0.3 is 0 Å². The van der Waals surface area contributed by atoms with E-state index in [1.807, 2.05) is 27.7 Å². The van der Waals surface area contributed by atoms with Gasteiger partial charge in [0.1, 0.15) is 0 Å². The molecule has 1 heterocycles. The lowest BCUT2D eigenvalue weighted by Crippen LogP contribution is -2.21. The molecule has 0 bridgehead atoms. The molecule has 0 aromatic heterocycles. The second-order valence-electron chi connectivity index (χ2n) is 9.33. The lowest BCUT2D eigenvalue weighted by atomic mass is 9.97.